The maximum atomic E-state index is 13.0. The van der Waals surface area contributed by atoms with E-state index in [1.807, 2.05) is 6.07 Å². The normalized spacial score (nSPS) is 13.0. The molecule has 1 aliphatic rings. The van der Waals surface area contributed by atoms with E-state index in [4.69, 9.17) is 11.6 Å². The lowest BCUT2D eigenvalue weighted by molar-refractivity contribution is 0.0925. The second-order valence-corrected chi connectivity index (χ2v) is 8.77. The largest absolute Gasteiger partial charge is 0.368 e. The molecule has 33 heavy (non-hydrogen) atoms. The zero-order valence-electron chi connectivity index (χ0n) is 17.2. The summed E-state index contributed by atoms with van der Waals surface area (Å²) in [5.41, 5.74) is 2.69. The van der Waals surface area contributed by atoms with E-state index in [0.717, 1.165) is 10.2 Å². The molecule has 0 fully saturated rings. The molecule has 8 nitrogen and oxygen atoms in total. The smallest absolute Gasteiger partial charge is 0.268 e. The molecule has 0 bridgehead atoms. The maximum absolute atomic E-state index is 13.0. The Balaban J connectivity index is 1.44. The predicted octanol–water partition coefficient (Wildman–Crippen LogP) is 4.00. The van der Waals surface area contributed by atoms with E-state index in [9.17, 15) is 14.4 Å². The number of aryl methyl sites for hydroxylation is 1. The van der Waals surface area contributed by atoms with E-state index in [-0.39, 0.29) is 18.4 Å². The summed E-state index contributed by atoms with van der Waals surface area (Å²) in [6.07, 6.45) is 0. The van der Waals surface area contributed by atoms with Gasteiger partial charge in [-0.1, -0.05) is 41.9 Å². The van der Waals surface area contributed by atoms with E-state index in [1.165, 1.54) is 9.58 Å². The van der Waals surface area contributed by atoms with Crippen LogP contribution < -0.4 is 10.6 Å². The lowest BCUT2D eigenvalue weighted by Gasteiger charge is -2.17. The number of hydrogen-bond donors (Lipinski definition) is 0. The number of anilines is 1. The molecule has 0 saturated heterocycles. The SMILES string of the molecule is Cc1cc(Cn2nnn(-c3ccccc3Cl)c2=O)ccc1N1C(=O)c2cccc(Br)c2C1=O. The Morgan fingerprint density at radius 3 is 2.42 bits per heavy atom. The molecule has 10 heteroatoms. The molecule has 0 saturated carbocycles. The molecule has 4 aromatic rings. The van der Waals surface area contributed by atoms with Crippen LogP contribution in [-0.4, -0.2) is 31.6 Å². The monoisotopic (exact) mass is 523 g/mol. The number of aromatic nitrogens is 4. The summed E-state index contributed by atoms with van der Waals surface area (Å²) in [6, 6.07) is 17.2. The lowest BCUT2D eigenvalue weighted by atomic mass is 10.1. The molecule has 2 amide bonds. The molecule has 1 aromatic heterocycles. The number of halogens is 2. The Labute approximate surface area is 201 Å². The van der Waals surface area contributed by atoms with Crippen LogP contribution in [-0.2, 0) is 6.54 Å². The first-order valence-electron chi connectivity index (χ1n) is 9.91. The third kappa shape index (κ3) is 3.49. The number of hydrogen-bond acceptors (Lipinski definition) is 5. The van der Waals surface area contributed by atoms with Crippen molar-refractivity contribution in [3.05, 3.63) is 103 Å². The third-order valence-electron chi connectivity index (χ3n) is 5.42. The Bertz CT molecular complexity index is 1510. The van der Waals surface area contributed by atoms with Crippen LogP contribution in [0.15, 0.2) is 69.9 Å². The summed E-state index contributed by atoms with van der Waals surface area (Å²) in [4.78, 5) is 39.8. The van der Waals surface area contributed by atoms with Crippen LogP contribution in [0.1, 0.15) is 31.8 Å². The van der Waals surface area contributed by atoms with Gasteiger partial charge in [-0.15, -0.1) is 0 Å². The number of fused-ring (bicyclic) bond motifs is 1. The van der Waals surface area contributed by atoms with Gasteiger partial charge in [0.15, 0.2) is 0 Å². The number of carbonyl (C=O) groups is 2. The Morgan fingerprint density at radius 1 is 0.909 bits per heavy atom. The first-order chi connectivity index (χ1) is 15.9. The van der Waals surface area contributed by atoms with Crippen molar-refractivity contribution in [2.24, 2.45) is 0 Å². The van der Waals surface area contributed by atoms with Crippen molar-refractivity contribution in [2.75, 3.05) is 4.90 Å². The molecule has 0 N–H and O–H groups in total. The highest BCUT2D eigenvalue weighted by Gasteiger charge is 2.38. The molecular formula is C23H15BrClN5O3. The number of rotatable bonds is 4. The van der Waals surface area contributed by atoms with Crippen LogP contribution in [0.3, 0.4) is 0 Å². The van der Waals surface area contributed by atoms with Gasteiger partial charge in [-0.2, -0.15) is 9.36 Å². The molecule has 0 unspecified atom stereocenters. The van der Waals surface area contributed by atoms with Gasteiger partial charge in [0.05, 0.1) is 34.1 Å². The van der Waals surface area contributed by atoms with E-state index in [1.54, 1.807) is 61.5 Å². The highest BCUT2D eigenvalue weighted by molar-refractivity contribution is 9.10. The molecular weight excluding hydrogens is 510 g/mol. The van der Waals surface area contributed by atoms with E-state index in [2.05, 4.69) is 26.4 Å². The van der Waals surface area contributed by atoms with Gasteiger partial charge in [0.1, 0.15) is 0 Å². The fourth-order valence-corrected chi connectivity index (χ4v) is 4.60. The molecule has 5 rings (SSSR count). The first-order valence-corrected chi connectivity index (χ1v) is 11.1. The molecule has 0 radical (unpaired) electrons. The van der Waals surface area contributed by atoms with Gasteiger partial charge in [0.25, 0.3) is 11.8 Å². The van der Waals surface area contributed by atoms with Gasteiger partial charge >= 0.3 is 5.69 Å². The number of carbonyl (C=O) groups excluding carboxylic acids is 2. The van der Waals surface area contributed by atoms with E-state index >= 15 is 0 Å². The van der Waals surface area contributed by atoms with Crippen LogP contribution in [0.4, 0.5) is 5.69 Å². The first kappa shape index (κ1) is 21.3. The van der Waals surface area contributed by atoms with Crippen LogP contribution in [0.2, 0.25) is 5.02 Å². The van der Waals surface area contributed by atoms with Crippen LogP contribution in [0.5, 0.6) is 0 Å². The van der Waals surface area contributed by atoms with Crippen molar-refractivity contribution in [1.29, 1.82) is 0 Å². The number of nitrogens with zero attached hydrogens (tertiary/aromatic N) is 5. The second-order valence-electron chi connectivity index (χ2n) is 7.51. The summed E-state index contributed by atoms with van der Waals surface area (Å²) in [5.74, 6) is -0.747. The van der Waals surface area contributed by atoms with E-state index < -0.39 is 5.69 Å². The van der Waals surface area contributed by atoms with Gasteiger partial charge in [0.2, 0.25) is 0 Å². The summed E-state index contributed by atoms with van der Waals surface area (Å²) in [7, 11) is 0. The summed E-state index contributed by atoms with van der Waals surface area (Å²) >= 11 is 9.53. The quantitative estimate of drug-likeness (QED) is 0.377. The van der Waals surface area contributed by atoms with Gasteiger partial charge in [-0.3, -0.25) is 9.59 Å². The average molecular weight is 525 g/mol. The second kappa shape index (κ2) is 8.09. The zero-order chi connectivity index (χ0) is 23.3. The number of imide groups is 1. The molecule has 0 aliphatic carbocycles. The molecule has 3 aromatic carbocycles. The number of amides is 2. The maximum Gasteiger partial charge on any atom is 0.368 e. The number of benzene rings is 3. The third-order valence-corrected chi connectivity index (χ3v) is 6.40. The molecule has 0 spiro atoms. The Kier molecular flexibility index (Phi) is 5.22. The number of para-hydroxylation sites is 1. The highest BCUT2D eigenvalue weighted by atomic mass is 79.9. The van der Waals surface area contributed by atoms with Gasteiger partial charge < -0.3 is 0 Å². The lowest BCUT2D eigenvalue weighted by Crippen LogP contribution is -2.30. The molecule has 2 heterocycles. The van der Waals surface area contributed by atoms with Crippen LogP contribution in [0, 0.1) is 6.92 Å². The minimum absolute atomic E-state index is 0.165. The van der Waals surface area contributed by atoms with E-state index in [0.29, 0.717) is 37.6 Å². The average Bonchev–Trinajstić information content (AvgIpc) is 3.27. The molecule has 0 atom stereocenters. The van der Waals surface area contributed by atoms with Crippen molar-refractivity contribution >= 4 is 45.0 Å². The summed E-state index contributed by atoms with van der Waals surface area (Å²) in [5, 5.41) is 8.27. The molecule has 1 aliphatic heterocycles. The van der Waals surface area contributed by atoms with Crippen molar-refractivity contribution in [2.45, 2.75) is 13.5 Å². The van der Waals surface area contributed by atoms with Crippen molar-refractivity contribution in [3.8, 4) is 5.69 Å². The van der Waals surface area contributed by atoms with Gasteiger partial charge in [0, 0.05) is 4.47 Å². The minimum atomic E-state index is -0.435. The van der Waals surface area contributed by atoms with Crippen molar-refractivity contribution in [3.63, 3.8) is 0 Å². The highest BCUT2D eigenvalue weighted by Crippen LogP contribution is 2.34. The van der Waals surface area contributed by atoms with Crippen LogP contribution in [0.25, 0.3) is 5.69 Å². The van der Waals surface area contributed by atoms with Crippen molar-refractivity contribution < 1.29 is 9.59 Å². The summed E-state index contributed by atoms with van der Waals surface area (Å²) < 4.78 is 2.94. The van der Waals surface area contributed by atoms with Crippen molar-refractivity contribution in [1.82, 2.24) is 19.8 Å². The topological polar surface area (TPSA) is 90.1 Å². The van der Waals surface area contributed by atoms with Gasteiger partial charge in [-0.25, -0.2) is 9.69 Å². The predicted molar refractivity (Wildman–Crippen MR) is 126 cm³/mol. The summed E-state index contributed by atoms with van der Waals surface area (Å²) in [6.45, 7) is 1.97. The standard InChI is InChI=1S/C23H15BrClN5O3/c1-13-11-14(12-28-23(33)30(27-26-28)19-8-3-2-7-17(19)25)9-10-18(13)29-21(31)15-5-4-6-16(24)20(15)22(29)32/h2-11H,12H2,1H3. The Morgan fingerprint density at radius 2 is 1.70 bits per heavy atom. The molecule has 164 valence electrons. The Hall–Kier alpha value is -3.56. The number of tetrazole rings is 1. The fourth-order valence-electron chi connectivity index (χ4n) is 3.85. The zero-order valence-corrected chi connectivity index (χ0v) is 19.5. The fraction of sp³-hybridized carbons (Fsp3) is 0.0870. The van der Waals surface area contributed by atoms with Crippen LogP contribution >= 0.6 is 27.5 Å². The van der Waals surface area contributed by atoms with Gasteiger partial charge in [-0.05, 0) is 74.7 Å². The minimum Gasteiger partial charge on any atom is -0.268 e.